The third kappa shape index (κ3) is 3.33. The van der Waals surface area contributed by atoms with Gasteiger partial charge in [-0.3, -0.25) is 4.79 Å². The van der Waals surface area contributed by atoms with Crippen LogP contribution in [0.3, 0.4) is 0 Å². The van der Waals surface area contributed by atoms with Crippen molar-refractivity contribution in [2.24, 2.45) is 5.92 Å². The third-order valence-electron chi connectivity index (χ3n) is 2.74. The molecule has 0 saturated heterocycles. The Hall–Kier alpha value is -0.800. The van der Waals surface area contributed by atoms with E-state index in [1.807, 2.05) is 6.07 Å². The van der Waals surface area contributed by atoms with Crippen LogP contribution in [0, 0.1) is 11.7 Å². The number of rotatable bonds is 4. The zero-order chi connectivity index (χ0) is 12.5. The molecule has 1 fully saturated rings. The molecule has 5 heteroatoms. The van der Waals surface area contributed by atoms with Crippen molar-refractivity contribution in [3.05, 3.63) is 35.6 Å². The fourth-order valence-corrected chi connectivity index (χ4v) is 2.15. The molecule has 1 saturated carbocycles. The SMILES string of the molecule is O=C(NCCc1cccc(F)c1)C1CC1(Cl)Cl. The first-order valence-electron chi connectivity index (χ1n) is 5.39. The van der Waals surface area contributed by atoms with Crippen LogP contribution >= 0.6 is 23.2 Å². The van der Waals surface area contributed by atoms with E-state index in [1.165, 1.54) is 12.1 Å². The summed E-state index contributed by atoms with van der Waals surface area (Å²) < 4.78 is 12.0. The van der Waals surface area contributed by atoms with Crippen LogP contribution < -0.4 is 5.32 Å². The standard InChI is InChI=1S/C12H12Cl2FNO/c13-12(14)7-10(12)11(17)16-5-4-8-2-1-3-9(15)6-8/h1-3,6,10H,4-5,7H2,(H,16,17). The predicted octanol–water partition coefficient (Wildman–Crippen LogP) is 2.68. The molecule has 1 aromatic carbocycles. The molecule has 0 spiro atoms. The summed E-state index contributed by atoms with van der Waals surface area (Å²) in [6, 6.07) is 6.31. The van der Waals surface area contributed by atoms with Crippen LogP contribution in [-0.2, 0) is 11.2 Å². The summed E-state index contributed by atoms with van der Waals surface area (Å²) in [7, 11) is 0. The minimum atomic E-state index is -0.886. The van der Waals surface area contributed by atoms with Crippen LogP contribution in [-0.4, -0.2) is 16.8 Å². The van der Waals surface area contributed by atoms with Crippen molar-refractivity contribution < 1.29 is 9.18 Å². The van der Waals surface area contributed by atoms with E-state index in [0.717, 1.165) is 5.56 Å². The lowest BCUT2D eigenvalue weighted by Crippen LogP contribution is -2.28. The number of alkyl halides is 2. The number of halogens is 3. The summed E-state index contributed by atoms with van der Waals surface area (Å²) in [5.41, 5.74) is 0.851. The van der Waals surface area contributed by atoms with E-state index in [1.54, 1.807) is 6.07 Å². The summed E-state index contributed by atoms with van der Waals surface area (Å²) in [5.74, 6) is -0.707. The predicted molar refractivity (Wildman–Crippen MR) is 65.7 cm³/mol. The van der Waals surface area contributed by atoms with Crippen molar-refractivity contribution >= 4 is 29.1 Å². The van der Waals surface area contributed by atoms with Crippen LogP contribution in [0.5, 0.6) is 0 Å². The zero-order valence-corrected chi connectivity index (χ0v) is 10.6. The van der Waals surface area contributed by atoms with Crippen LogP contribution in [0.15, 0.2) is 24.3 Å². The fraction of sp³-hybridized carbons (Fsp3) is 0.417. The third-order valence-corrected chi connectivity index (χ3v) is 3.58. The molecule has 17 heavy (non-hydrogen) atoms. The van der Waals surface area contributed by atoms with E-state index in [9.17, 15) is 9.18 Å². The first-order chi connectivity index (χ1) is 7.99. The van der Waals surface area contributed by atoms with Crippen molar-refractivity contribution in [2.45, 2.75) is 17.2 Å². The molecule has 1 aliphatic rings. The van der Waals surface area contributed by atoms with Crippen LogP contribution in [0.2, 0.25) is 0 Å². The van der Waals surface area contributed by atoms with Gasteiger partial charge >= 0.3 is 0 Å². The average Bonchev–Trinajstić information content (AvgIpc) is 2.88. The smallest absolute Gasteiger partial charge is 0.226 e. The van der Waals surface area contributed by atoms with Gasteiger partial charge in [0.25, 0.3) is 0 Å². The number of benzene rings is 1. The van der Waals surface area contributed by atoms with Crippen molar-refractivity contribution in [3.8, 4) is 0 Å². The fourth-order valence-electron chi connectivity index (χ4n) is 1.64. The molecule has 1 aliphatic carbocycles. The van der Waals surface area contributed by atoms with Crippen molar-refractivity contribution in [2.75, 3.05) is 6.54 Å². The largest absolute Gasteiger partial charge is 0.355 e. The second kappa shape index (κ2) is 4.83. The number of carbonyl (C=O) groups excluding carboxylic acids is 1. The Bertz CT molecular complexity index is 436. The second-order valence-corrected chi connectivity index (χ2v) is 5.73. The Balaban J connectivity index is 1.75. The summed E-state index contributed by atoms with van der Waals surface area (Å²) in [6.45, 7) is 0.461. The normalized spacial score (nSPS) is 21.0. The lowest BCUT2D eigenvalue weighted by Gasteiger charge is -2.05. The van der Waals surface area contributed by atoms with Gasteiger partial charge in [-0.2, -0.15) is 0 Å². The Morgan fingerprint density at radius 2 is 2.24 bits per heavy atom. The number of nitrogens with one attached hydrogen (secondary N) is 1. The van der Waals surface area contributed by atoms with Crippen LogP contribution in [0.25, 0.3) is 0 Å². The molecule has 0 heterocycles. The molecule has 1 N–H and O–H groups in total. The van der Waals surface area contributed by atoms with Gasteiger partial charge < -0.3 is 5.32 Å². The number of hydrogen-bond acceptors (Lipinski definition) is 1. The van der Waals surface area contributed by atoms with Gasteiger partial charge in [0.15, 0.2) is 0 Å². The van der Waals surface area contributed by atoms with E-state index in [4.69, 9.17) is 23.2 Å². The quantitative estimate of drug-likeness (QED) is 0.842. The highest BCUT2D eigenvalue weighted by molar-refractivity contribution is 6.52. The molecule has 92 valence electrons. The highest BCUT2D eigenvalue weighted by Gasteiger charge is 2.56. The lowest BCUT2D eigenvalue weighted by molar-refractivity contribution is -0.122. The molecule has 0 aliphatic heterocycles. The average molecular weight is 276 g/mol. The summed E-state index contributed by atoms with van der Waals surface area (Å²) in [4.78, 5) is 11.5. The molecule has 0 bridgehead atoms. The number of carbonyl (C=O) groups is 1. The monoisotopic (exact) mass is 275 g/mol. The highest BCUT2D eigenvalue weighted by atomic mass is 35.5. The molecule has 1 amide bonds. The van der Waals surface area contributed by atoms with Gasteiger partial charge in [0.2, 0.25) is 5.91 Å². The van der Waals surface area contributed by atoms with Crippen molar-refractivity contribution in [1.29, 1.82) is 0 Å². The van der Waals surface area contributed by atoms with Gasteiger partial charge in [0.1, 0.15) is 10.2 Å². The molecule has 1 unspecified atom stereocenters. The molecular formula is C12H12Cl2FNO. The Morgan fingerprint density at radius 1 is 1.53 bits per heavy atom. The lowest BCUT2D eigenvalue weighted by atomic mass is 10.1. The molecule has 1 aromatic rings. The molecule has 1 atom stereocenters. The number of hydrogen-bond donors (Lipinski definition) is 1. The van der Waals surface area contributed by atoms with Crippen molar-refractivity contribution in [1.82, 2.24) is 5.32 Å². The van der Waals surface area contributed by atoms with Gasteiger partial charge in [0.05, 0.1) is 5.92 Å². The van der Waals surface area contributed by atoms with Gasteiger partial charge in [-0.15, -0.1) is 23.2 Å². The Labute approximate surface area is 109 Å². The molecule has 2 rings (SSSR count). The summed E-state index contributed by atoms with van der Waals surface area (Å²) in [6.07, 6.45) is 1.09. The van der Waals surface area contributed by atoms with E-state index in [-0.39, 0.29) is 17.6 Å². The minimum Gasteiger partial charge on any atom is -0.355 e. The van der Waals surface area contributed by atoms with Gasteiger partial charge in [-0.1, -0.05) is 12.1 Å². The van der Waals surface area contributed by atoms with Gasteiger partial charge in [-0.05, 0) is 30.5 Å². The Morgan fingerprint density at radius 3 is 2.82 bits per heavy atom. The summed E-state index contributed by atoms with van der Waals surface area (Å²) in [5, 5.41) is 2.74. The zero-order valence-electron chi connectivity index (χ0n) is 9.05. The van der Waals surface area contributed by atoms with E-state index in [0.29, 0.717) is 19.4 Å². The van der Waals surface area contributed by atoms with Gasteiger partial charge in [-0.25, -0.2) is 4.39 Å². The van der Waals surface area contributed by atoms with Crippen molar-refractivity contribution in [3.63, 3.8) is 0 Å². The maximum atomic E-state index is 12.9. The number of amides is 1. The van der Waals surface area contributed by atoms with E-state index >= 15 is 0 Å². The first-order valence-corrected chi connectivity index (χ1v) is 6.14. The Kier molecular flexibility index (Phi) is 3.59. The molecule has 2 nitrogen and oxygen atoms in total. The van der Waals surface area contributed by atoms with Crippen LogP contribution in [0.1, 0.15) is 12.0 Å². The topological polar surface area (TPSA) is 29.1 Å². The van der Waals surface area contributed by atoms with Crippen LogP contribution in [0.4, 0.5) is 4.39 Å². The minimum absolute atomic E-state index is 0.133. The summed E-state index contributed by atoms with van der Waals surface area (Å²) >= 11 is 11.5. The maximum Gasteiger partial charge on any atom is 0.226 e. The second-order valence-electron chi connectivity index (χ2n) is 4.19. The molecule has 0 aromatic heterocycles. The molecular weight excluding hydrogens is 264 g/mol. The first kappa shape index (κ1) is 12.7. The molecule has 0 radical (unpaired) electrons. The van der Waals surface area contributed by atoms with Gasteiger partial charge in [0, 0.05) is 6.54 Å². The van der Waals surface area contributed by atoms with E-state index in [2.05, 4.69) is 5.32 Å². The highest BCUT2D eigenvalue weighted by Crippen LogP contribution is 2.53. The maximum absolute atomic E-state index is 12.9. The van der Waals surface area contributed by atoms with E-state index < -0.39 is 4.33 Å².